The number of hydrogen-bond acceptors (Lipinski definition) is 6. The van der Waals surface area contributed by atoms with E-state index in [-0.39, 0.29) is 19.1 Å². The highest BCUT2D eigenvalue weighted by Gasteiger charge is 2.24. The van der Waals surface area contributed by atoms with Crippen molar-refractivity contribution in [1.29, 1.82) is 0 Å². The van der Waals surface area contributed by atoms with Crippen LogP contribution < -0.4 is 10.2 Å². The van der Waals surface area contributed by atoms with Crippen LogP contribution in [-0.2, 0) is 18.4 Å². The van der Waals surface area contributed by atoms with Crippen LogP contribution in [0.1, 0.15) is 322 Å². The molecule has 0 saturated carbocycles. The van der Waals surface area contributed by atoms with Crippen molar-refractivity contribution in [3.05, 3.63) is 72.9 Å². The van der Waals surface area contributed by atoms with Gasteiger partial charge in [-0.2, -0.15) is 0 Å². The van der Waals surface area contributed by atoms with E-state index in [0.717, 1.165) is 83.5 Å². The van der Waals surface area contributed by atoms with Crippen LogP contribution in [0.15, 0.2) is 72.9 Å². The maximum Gasteiger partial charge on any atom is 0.268 e. The molecule has 3 unspecified atom stereocenters. The van der Waals surface area contributed by atoms with Gasteiger partial charge in [0.1, 0.15) is 13.2 Å². The zero-order valence-corrected chi connectivity index (χ0v) is 54.4. The number of phosphoric acid groups is 1. The maximum absolute atomic E-state index is 13.1. The number of likely N-dealkylation sites (N-methyl/N-ethyl adjacent to an activating group) is 1. The molecule has 0 aromatic heterocycles. The first-order valence-electron chi connectivity index (χ1n) is 34.3. The first-order chi connectivity index (χ1) is 39.0. The molecular formula is C71H133N2O6P. The fraction of sp³-hybridized carbons (Fsp3) is 0.817. The van der Waals surface area contributed by atoms with Gasteiger partial charge < -0.3 is 28.8 Å². The second kappa shape index (κ2) is 61.5. The summed E-state index contributed by atoms with van der Waals surface area (Å²) in [6.45, 7) is 4.64. The summed E-state index contributed by atoms with van der Waals surface area (Å²) in [6, 6.07) is -0.809. The third-order valence-electron chi connectivity index (χ3n) is 15.5. The molecule has 0 fully saturated rings. The van der Waals surface area contributed by atoms with E-state index >= 15 is 0 Å². The standard InChI is InChI=1S/C71H133N2O6P/c1-6-8-10-12-14-16-18-20-22-24-26-28-30-32-34-36-38-40-42-44-46-48-50-52-54-56-58-60-62-64-70(74)69(68-79-80(76,77)78-67-66-73(3,4)5)72-71(75)65-63-61-59-57-55-53-51-49-47-45-43-41-39-37-35-33-31-29-27-25-23-21-19-17-15-13-11-9-7-2/h9,11,15,17,21,23,27,29,33,35,39,41,69-70,74H,6-8,10,12-14,16,18-20,22,24-26,28,30-32,34,36-38,40,42-68H2,1-5H3,(H-,72,75,76,77)/b11-9-,17-15-,23-21-,29-27-,35-33-,41-39-. The molecule has 468 valence electrons. The number of carbonyl (C=O) groups is 1. The molecule has 0 aliphatic heterocycles. The molecular weight excluding hydrogens is 1010 g/mol. The number of nitrogens with one attached hydrogen (secondary N) is 1. The average molecular weight is 1140 g/mol. The van der Waals surface area contributed by atoms with Gasteiger partial charge in [-0.3, -0.25) is 9.36 Å². The normalized spacial score (nSPS) is 14.1. The van der Waals surface area contributed by atoms with Gasteiger partial charge in [0.25, 0.3) is 7.82 Å². The number of phosphoric ester groups is 1. The van der Waals surface area contributed by atoms with E-state index in [1.165, 1.54) is 212 Å². The second-order valence-corrected chi connectivity index (χ2v) is 25.9. The minimum absolute atomic E-state index is 0.00916. The molecule has 0 aliphatic carbocycles. The van der Waals surface area contributed by atoms with Gasteiger partial charge in [-0.05, 0) is 64.2 Å². The number of amides is 1. The number of hydrogen-bond donors (Lipinski definition) is 2. The summed E-state index contributed by atoms with van der Waals surface area (Å²) in [6.07, 6.45) is 85.4. The summed E-state index contributed by atoms with van der Waals surface area (Å²) >= 11 is 0. The molecule has 0 rings (SSSR count). The molecule has 9 heteroatoms. The number of nitrogens with zero attached hydrogens (tertiary/aromatic N) is 1. The second-order valence-electron chi connectivity index (χ2n) is 24.5. The molecule has 0 aromatic rings. The molecule has 0 saturated heterocycles. The number of aliphatic hydroxyl groups excluding tert-OH is 1. The zero-order chi connectivity index (χ0) is 58.4. The van der Waals surface area contributed by atoms with E-state index in [1.807, 2.05) is 21.1 Å². The molecule has 0 radical (unpaired) electrons. The van der Waals surface area contributed by atoms with E-state index in [4.69, 9.17) is 9.05 Å². The smallest absolute Gasteiger partial charge is 0.268 e. The lowest BCUT2D eigenvalue weighted by atomic mass is 10.0. The van der Waals surface area contributed by atoms with Gasteiger partial charge in [0.2, 0.25) is 5.91 Å². The number of carbonyl (C=O) groups excluding carboxylic acids is 1. The maximum atomic E-state index is 13.1. The molecule has 0 aromatic carbocycles. The van der Waals surface area contributed by atoms with Gasteiger partial charge in [0.05, 0.1) is 39.9 Å². The van der Waals surface area contributed by atoms with E-state index in [9.17, 15) is 19.4 Å². The summed E-state index contributed by atoms with van der Waals surface area (Å²) in [4.78, 5) is 25.7. The van der Waals surface area contributed by atoms with Gasteiger partial charge in [-0.15, -0.1) is 0 Å². The van der Waals surface area contributed by atoms with Crippen molar-refractivity contribution in [2.75, 3.05) is 40.9 Å². The molecule has 2 N–H and O–H groups in total. The van der Waals surface area contributed by atoms with Crippen molar-refractivity contribution >= 4 is 13.7 Å². The van der Waals surface area contributed by atoms with E-state index in [1.54, 1.807) is 0 Å². The van der Waals surface area contributed by atoms with Crippen molar-refractivity contribution in [3.63, 3.8) is 0 Å². The predicted molar refractivity (Wildman–Crippen MR) is 348 cm³/mol. The number of quaternary nitrogens is 1. The lowest BCUT2D eigenvalue weighted by Crippen LogP contribution is -2.46. The van der Waals surface area contributed by atoms with Crippen LogP contribution in [0.4, 0.5) is 0 Å². The number of allylic oxidation sites excluding steroid dienone is 12. The Kier molecular flexibility index (Phi) is 59.9. The van der Waals surface area contributed by atoms with E-state index < -0.39 is 20.0 Å². The predicted octanol–water partition coefficient (Wildman–Crippen LogP) is 21.1. The Labute approximate surface area is 497 Å². The molecule has 8 nitrogen and oxygen atoms in total. The van der Waals surface area contributed by atoms with Gasteiger partial charge in [0.15, 0.2) is 0 Å². The average Bonchev–Trinajstić information content (AvgIpc) is 3.42. The highest BCUT2D eigenvalue weighted by molar-refractivity contribution is 7.45. The Bertz CT molecular complexity index is 1530. The van der Waals surface area contributed by atoms with Crippen LogP contribution in [0.5, 0.6) is 0 Å². The Morgan fingerprint density at radius 1 is 0.450 bits per heavy atom. The minimum Gasteiger partial charge on any atom is -0.756 e. The van der Waals surface area contributed by atoms with Crippen LogP contribution >= 0.6 is 7.82 Å². The fourth-order valence-corrected chi connectivity index (χ4v) is 10.9. The van der Waals surface area contributed by atoms with Gasteiger partial charge in [-0.25, -0.2) is 0 Å². The van der Waals surface area contributed by atoms with Gasteiger partial charge in [-0.1, -0.05) is 324 Å². The third-order valence-corrected chi connectivity index (χ3v) is 16.4. The SMILES string of the molecule is CC/C=C\C/C=C\C/C=C\C/C=C\C/C=C\C/C=C\CCCCCCCCCCCCC(=O)NC(COP(=O)([O-])OCC[N+](C)(C)C)C(O)CCCCCCCCCCCCCCCCCCCCCCCCCCCCCCC. The molecule has 3 atom stereocenters. The molecule has 0 aliphatic rings. The first-order valence-corrected chi connectivity index (χ1v) is 35.7. The highest BCUT2D eigenvalue weighted by Crippen LogP contribution is 2.38. The number of aliphatic hydroxyl groups is 1. The third kappa shape index (κ3) is 63.5. The lowest BCUT2D eigenvalue weighted by Gasteiger charge is -2.30. The molecule has 0 heterocycles. The molecule has 0 spiro atoms. The Morgan fingerprint density at radius 3 is 1.11 bits per heavy atom. The van der Waals surface area contributed by atoms with Crippen LogP contribution in [-0.4, -0.2) is 68.5 Å². The summed E-state index contributed by atoms with van der Waals surface area (Å²) in [7, 11) is 1.30. The lowest BCUT2D eigenvalue weighted by molar-refractivity contribution is -0.870. The number of unbranched alkanes of at least 4 members (excludes halogenated alkanes) is 38. The first kappa shape index (κ1) is 77.9. The number of rotatable bonds is 63. The topological polar surface area (TPSA) is 108 Å². The quantitative estimate of drug-likeness (QED) is 0.0272. The van der Waals surface area contributed by atoms with Gasteiger partial charge in [0, 0.05) is 6.42 Å². The minimum atomic E-state index is -4.59. The van der Waals surface area contributed by atoms with E-state index in [2.05, 4.69) is 92.1 Å². The monoisotopic (exact) mass is 1140 g/mol. The van der Waals surface area contributed by atoms with Crippen molar-refractivity contribution in [2.24, 2.45) is 0 Å². The molecule has 80 heavy (non-hydrogen) atoms. The van der Waals surface area contributed by atoms with Crippen LogP contribution in [0.3, 0.4) is 0 Å². The Morgan fingerprint density at radius 2 is 0.762 bits per heavy atom. The summed E-state index contributed by atoms with van der Waals surface area (Å²) < 4.78 is 23.5. The van der Waals surface area contributed by atoms with Crippen LogP contribution in [0, 0.1) is 0 Å². The largest absolute Gasteiger partial charge is 0.756 e. The van der Waals surface area contributed by atoms with Crippen LogP contribution in [0.25, 0.3) is 0 Å². The Balaban J connectivity index is 4.08. The van der Waals surface area contributed by atoms with Crippen LogP contribution in [0.2, 0.25) is 0 Å². The summed E-state index contributed by atoms with van der Waals surface area (Å²) in [5.74, 6) is -0.168. The highest BCUT2D eigenvalue weighted by atomic mass is 31.2. The summed E-state index contributed by atoms with van der Waals surface area (Å²) in [5.41, 5.74) is 0. The van der Waals surface area contributed by atoms with Crippen molar-refractivity contribution in [1.82, 2.24) is 5.32 Å². The Hall–Kier alpha value is -2.06. The molecule has 1 amide bonds. The zero-order valence-electron chi connectivity index (χ0n) is 53.5. The molecule has 0 bridgehead atoms. The fourth-order valence-electron chi connectivity index (χ4n) is 10.2. The summed E-state index contributed by atoms with van der Waals surface area (Å²) in [5, 5.41) is 14.1. The van der Waals surface area contributed by atoms with Crippen molar-refractivity contribution in [2.45, 2.75) is 334 Å². The van der Waals surface area contributed by atoms with E-state index in [0.29, 0.717) is 23.9 Å². The van der Waals surface area contributed by atoms with Crippen molar-refractivity contribution < 1.29 is 32.9 Å². The van der Waals surface area contributed by atoms with Gasteiger partial charge >= 0.3 is 0 Å². The van der Waals surface area contributed by atoms with Crippen molar-refractivity contribution in [3.8, 4) is 0 Å².